The first-order valence-electron chi connectivity index (χ1n) is 5.36. The van der Waals surface area contributed by atoms with E-state index in [0.29, 0.717) is 24.6 Å². The maximum atomic E-state index is 11.8. The molecular formula is C10H18N2O3S2. The van der Waals surface area contributed by atoms with Crippen LogP contribution in [0.2, 0.25) is 0 Å². The fourth-order valence-corrected chi connectivity index (χ4v) is 3.50. The number of unbranched alkanes of at least 4 members (excludes halogenated alkanes) is 1. The molecule has 5 nitrogen and oxygen atoms in total. The van der Waals surface area contributed by atoms with E-state index in [2.05, 4.69) is 4.72 Å². The zero-order valence-electron chi connectivity index (χ0n) is 9.81. The van der Waals surface area contributed by atoms with Crippen molar-refractivity contribution in [2.24, 2.45) is 5.73 Å². The van der Waals surface area contributed by atoms with E-state index in [-0.39, 0.29) is 0 Å². The van der Waals surface area contributed by atoms with Gasteiger partial charge in [0.15, 0.2) is 0 Å². The van der Waals surface area contributed by atoms with Gasteiger partial charge in [0, 0.05) is 37.1 Å². The Morgan fingerprint density at radius 1 is 1.47 bits per heavy atom. The van der Waals surface area contributed by atoms with Crippen LogP contribution in [0.3, 0.4) is 0 Å². The maximum Gasteiger partial charge on any atom is 0.241 e. The summed E-state index contributed by atoms with van der Waals surface area (Å²) in [7, 11) is -1.74. The molecule has 0 saturated heterocycles. The van der Waals surface area contributed by atoms with Gasteiger partial charge in [-0.1, -0.05) is 0 Å². The maximum absolute atomic E-state index is 11.8. The van der Waals surface area contributed by atoms with Crippen LogP contribution in [0, 0.1) is 0 Å². The van der Waals surface area contributed by atoms with Crippen LogP contribution in [-0.4, -0.2) is 28.7 Å². The van der Waals surface area contributed by atoms with Gasteiger partial charge in [0.2, 0.25) is 10.0 Å². The second kappa shape index (κ2) is 7.07. The second-order valence-corrected chi connectivity index (χ2v) is 6.31. The topological polar surface area (TPSA) is 81.4 Å². The van der Waals surface area contributed by atoms with Crippen molar-refractivity contribution in [3.8, 4) is 0 Å². The lowest BCUT2D eigenvalue weighted by Gasteiger charge is -2.04. The molecule has 1 heterocycles. The van der Waals surface area contributed by atoms with Crippen LogP contribution < -0.4 is 10.5 Å². The zero-order chi connectivity index (χ0) is 12.7. The minimum atomic E-state index is -3.37. The average molecular weight is 278 g/mol. The molecule has 0 radical (unpaired) electrons. The molecule has 0 spiro atoms. The molecule has 0 fully saturated rings. The van der Waals surface area contributed by atoms with Crippen LogP contribution in [0.25, 0.3) is 0 Å². The summed E-state index contributed by atoms with van der Waals surface area (Å²) in [5.41, 5.74) is 5.44. The summed E-state index contributed by atoms with van der Waals surface area (Å²) in [6, 6.07) is 1.61. The molecule has 0 atom stereocenters. The van der Waals surface area contributed by atoms with Gasteiger partial charge >= 0.3 is 0 Å². The molecule has 0 amide bonds. The summed E-state index contributed by atoms with van der Waals surface area (Å²) in [5.74, 6) is 0. The van der Waals surface area contributed by atoms with Gasteiger partial charge in [-0.05, 0) is 18.9 Å². The van der Waals surface area contributed by atoms with Gasteiger partial charge in [0.25, 0.3) is 0 Å². The Hall–Kier alpha value is -0.470. The Kier molecular flexibility index (Phi) is 6.07. The number of thiophene rings is 1. The van der Waals surface area contributed by atoms with Crippen molar-refractivity contribution in [2.45, 2.75) is 24.3 Å². The van der Waals surface area contributed by atoms with E-state index in [1.54, 1.807) is 18.6 Å². The van der Waals surface area contributed by atoms with Crippen LogP contribution in [-0.2, 0) is 21.3 Å². The van der Waals surface area contributed by atoms with Crippen LogP contribution in [0.15, 0.2) is 16.3 Å². The lowest BCUT2D eigenvalue weighted by atomic mass is 10.3. The number of sulfonamides is 1. The molecule has 3 N–H and O–H groups in total. The van der Waals surface area contributed by atoms with Gasteiger partial charge < -0.3 is 10.5 Å². The number of hydrogen-bond donors (Lipinski definition) is 2. The standard InChI is InChI=1S/C10H18N2O3S2/c1-15-5-3-2-4-12-17(13,14)10-6-9(7-11)16-8-10/h6,8,12H,2-5,7,11H2,1H3. The molecule has 0 bridgehead atoms. The summed E-state index contributed by atoms with van der Waals surface area (Å²) >= 11 is 1.36. The number of ether oxygens (including phenoxy) is 1. The van der Waals surface area contributed by atoms with E-state index < -0.39 is 10.0 Å². The Bertz CT molecular complexity index is 429. The zero-order valence-corrected chi connectivity index (χ0v) is 11.4. The van der Waals surface area contributed by atoms with Gasteiger partial charge in [-0.15, -0.1) is 11.3 Å². The first kappa shape index (κ1) is 14.6. The summed E-state index contributed by atoms with van der Waals surface area (Å²) < 4.78 is 31.1. The van der Waals surface area contributed by atoms with E-state index in [9.17, 15) is 8.42 Å². The molecule has 7 heteroatoms. The second-order valence-electron chi connectivity index (χ2n) is 3.55. The first-order chi connectivity index (χ1) is 8.10. The third-order valence-corrected chi connectivity index (χ3v) is 4.76. The molecule has 98 valence electrons. The predicted molar refractivity (Wildman–Crippen MR) is 68.5 cm³/mol. The van der Waals surface area contributed by atoms with Crippen molar-refractivity contribution in [3.05, 3.63) is 16.3 Å². The van der Waals surface area contributed by atoms with Crippen molar-refractivity contribution >= 4 is 21.4 Å². The average Bonchev–Trinajstić information content (AvgIpc) is 2.78. The Morgan fingerprint density at radius 3 is 2.82 bits per heavy atom. The van der Waals surface area contributed by atoms with Crippen molar-refractivity contribution in [3.63, 3.8) is 0 Å². The van der Waals surface area contributed by atoms with E-state index >= 15 is 0 Å². The number of nitrogens with one attached hydrogen (secondary N) is 1. The monoisotopic (exact) mass is 278 g/mol. The molecule has 0 unspecified atom stereocenters. The quantitative estimate of drug-likeness (QED) is 0.693. The molecule has 0 aliphatic carbocycles. The third-order valence-electron chi connectivity index (χ3n) is 2.21. The van der Waals surface area contributed by atoms with Gasteiger partial charge in [-0.3, -0.25) is 0 Å². The minimum Gasteiger partial charge on any atom is -0.385 e. The molecule has 1 aromatic rings. The van der Waals surface area contributed by atoms with E-state index in [4.69, 9.17) is 10.5 Å². The highest BCUT2D eigenvalue weighted by molar-refractivity contribution is 7.89. The van der Waals surface area contributed by atoms with E-state index in [1.165, 1.54) is 11.3 Å². The Labute approximate surface area is 106 Å². The highest BCUT2D eigenvalue weighted by Gasteiger charge is 2.14. The number of nitrogens with two attached hydrogens (primary N) is 1. The molecule has 0 saturated carbocycles. The van der Waals surface area contributed by atoms with Gasteiger partial charge in [-0.2, -0.15) is 0 Å². The number of rotatable bonds is 8. The lowest BCUT2D eigenvalue weighted by Crippen LogP contribution is -2.24. The Balaban J connectivity index is 2.45. The third kappa shape index (κ3) is 4.72. The SMILES string of the molecule is COCCCCNS(=O)(=O)c1csc(CN)c1. The summed E-state index contributed by atoms with van der Waals surface area (Å²) in [4.78, 5) is 1.17. The largest absolute Gasteiger partial charge is 0.385 e. The van der Waals surface area contributed by atoms with Crippen molar-refractivity contribution in [2.75, 3.05) is 20.3 Å². The summed E-state index contributed by atoms with van der Waals surface area (Å²) in [5, 5.41) is 1.61. The predicted octanol–water partition coefficient (Wildman–Crippen LogP) is 0.912. The van der Waals surface area contributed by atoms with E-state index in [1.807, 2.05) is 0 Å². The number of methoxy groups -OCH3 is 1. The molecule has 0 aliphatic heterocycles. The molecule has 1 rings (SSSR count). The molecule has 0 aromatic carbocycles. The Morgan fingerprint density at radius 2 is 2.24 bits per heavy atom. The summed E-state index contributed by atoms with van der Waals surface area (Å²) in [6.45, 7) is 1.45. The first-order valence-corrected chi connectivity index (χ1v) is 7.72. The highest BCUT2D eigenvalue weighted by Crippen LogP contribution is 2.18. The number of hydrogen-bond acceptors (Lipinski definition) is 5. The van der Waals surface area contributed by atoms with Crippen LogP contribution in [0.4, 0.5) is 0 Å². The van der Waals surface area contributed by atoms with Crippen molar-refractivity contribution in [1.29, 1.82) is 0 Å². The fraction of sp³-hybridized carbons (Fsp3) is 0.600. The van der Waals surface area contributed by atoms with Crippen LogP contribution in [0.5, 0.6) is 0 Å². The van der Waals surface area contributed by atoms with Gasteiger partial charge in [0.1, 0.15) is 0 Å². The smallest absolute Gasteiger partial charge is 0.241 e. The van der Waals surface area contributed by atoms with Gasteiger partial charge in [0.05, 0.1) is 4.90 Å². The molecule has 1 aromatic heterocycles. The molecule has 0 aliphatic rings. The van der Waals surface area contributed by atoms with Crippen LogP contribution in [0.1, 0.15) is 17.7 Å². The van der Waals surface area contributed by atoms with E-state index in [0.717, 1.165) is 17.7 Å². The molecular weight excluding hydrogens is 260 g/mol. The fourth-order valence-electron chi connectivity index (χ4n) is 1.27. The van der Waals surface area contributed by atoms with Crippen molar-refractivity contribution in [1.82, 2.24) is 4.72 Å². The lowest BCUT2D eigenvalue weighted by molar-refractivity contribution is 0.193. The summed E-state index contributed by atoms with van der Waals surface area (Å²) in [6.07, 6.45) is 1.61. The minimum absolute atomic E-state index is 0.301. The van der Waals surface area contributed by atoms with Crippen LogP contribution >= 0.6 is 11.3 Å². The van der Waals surface area contributed by atoms with Crippen molar-refractivity contribution < 1.29 is 13.2 Å². The van der Waals surface area contributed by atoms with Gasteiger partial charge in [-0.25, -0.2) is 13.1 Å². The molecule has 17 heavy (non-hydrogen) atoms. The highest BCUT2D eigenvalue weighted by atomic mass is 32.2. The normalized spacial score (nSPS) is 11.9.